The standard InChI is InChI=1S/C18H21F2N3O3S2/c1-12(13-3-9-16(10-4-13)28(21,25)26)23(2)11-17(24)22-14-5-7-15(8-6-14)27-18(19)20/h3-10,12,18H,11H2,1-2H3,(H,22,24)(H2,21,25,26). The largest absolute Gasteiger partial charge is 0.325 e. The Hall–Kier alpha value is -2.01. The highest BCUT2D eigenvalue weighted by Gasteiger charge is 2.16. The molecule has 0 spiro atoms. The average Bonchev–Trinajstić information content (AvgIpc) is 2.61. The van der Waals surface area contributed by atoms with Gasteiger partial charge in [0.15, 0.2) is 0 Å². The highest BCUT2D eigenvalue weighted by atomic mass is 32.2. The van der Waals surface area contributed by atoms with Gasteiger partial charge in [-0.25, -0.2) is 13.6 Å². The number of hydrogen-bond acceptors (Lipinski definition) is 5. The number of alkyl halides is 2. The summed E-state index contributed by atoms with van der Waals surface area (Å²) < 4.78 is 47.3. The van der Waals surface area contributed by atoms with Crippen LogP contribution in [0.2, 0.25) is 0 Å². The summed E-state index contributed by atoms with van der Waals surface area (Å²) in [6, 6.07) is 12.2. The van der Waals surface area contributed by atoms with Crippen LogP contribution in [0.5, 0.6) is 0 Å². The number of anilines is 1. The van der Waals surface area contributed by atoms with Crippen molar-refractivity contribution in [3.8, 4) is 0 Å². The van der Waals surface area contributed by atoms with Gasteiger partial charge in [0.1, 0.15) is 0 Å². The fourth-order valence-corrected chi connectivity index (χ4v) is 3.49. The molecular formula is C18H21F2N3O3S2. The van der Waals surface area contributed by atoms with Gasteiger partial charge in [0.2, 0.25) is 15.9 Å². The van der Waals surface area contributed by atoms with Gasteiger partial charge in [-0.05, 0) is 55.9 Å². The van der Waals surface area contributed by atoms with E-state index in [1.807, 2.05) is 6.92 Å². The van der Waals surface area contributed by atoms with E-state index in [1.165, 1.54) is 24.3 Å². The molecule has 2 aromatic carbocycles. The predicted molar refractivity (Wildman–Crippen MR) is 106 cm³/mol. The number of primary sulfonamides is 1. The topological polar surface area (TPSA) is 92.5 Å². The molecule has 0 aliphatic rings. The summed E-state index contributed by atoms with van der Waals surface area (Å²) in [5.41, 5.74) is 1.35. The summed E-state index contributed by atoms with van der Waals surface area (Å²) in [5, 5.41) is 7.80. The van der Waals surface area contributed by atoms with Gasteiger partial charge in [0.25, 0.3) is 5.76 Å². The third kappa shape index (κ3) is 6.55. The minimum atomic E-state index is -3.75. The van der Waals surface area contributed by atoms with Gasteiger partial charge in [0.05, 0.1) is 11.4 Å². The Kier molecular flexibility index (Phi) is 7.53. The molecule has 152 valence electrons. The van der Waals surface area contributed by atoms with Gasteiger partial charge in [-0.1, -0.05) is 23.9 Å². The number of halogens is 2. The summed E-state index contributed by atoms with van der Waals surface area (Å²) in [6.07, 6.45) is 0. The maximum Gasteiger partial charge on any atom is 0.288 e. The maximum absolute atomic E-state index is 12.3. The number of amides is 1. The molecule has 6 nitrogen and oxygen atoms in total. The smallest absolute Gasteiger partial charge is 0.288 e. The third-order valence-electron chi connectivity index (χ3n) is 4.11. The minimum Gasteiger partial charge on any atom is -0.325 e. The average molecular weight is 430 g/mol. The quantitative estimate of drug-likeness (QED) is 0.629. The summed E-state index contributed by atoms with van der Waals surface area (Å²) in [4.78, 5) is 14.5. The van der Waals surface area contributed by atoms with Crippen molar-refractivity contribution in [3.05, 3.63) is 54.1 Å². The highest BCUT2D eigenvalue weighted by molar-refractivity contribution is 7.99. The summed E-state index contributed by atoms with van der Waals surface area (Å²) in [5.74, 6) is -2.75. The van der Waals surface area contributed by atoms with E-state index in [4.69, 9.17) is 5.14 Å². The zero-order valence-corrected chi connectivity index (χ0v) is 16.9. The van der Waals surface area contributed by atoms with Crippen molar-refractivity contribution >= 4 is 33.4 Å². The number of sulfonamides is 1. The molecule has 0 bridgehead atoms. The van der Waals surface area contributed by atoms with Crippen molar-refractivity contribution in [2.45, 2.75) is 28.5 Å². The number of rotatable bonds is 8. The van der Waals surface area contributed by atoms with E-state index in [0.717, 1.165) is 5.56 Å². The Balaban J connectivity index is 1.94. The number of nitrogens with zero attached hydrogens (tertiary/aromatic N) is 1. The SMILES string of the molecule is CC(c1ccc(S(N)(=O)=O)cc1)N(C)CC(=O)Nc1ccc(SC(F)F)cc1. The summed E-state index contributed by atoms with van der Waals surface area (Å²) in [6.45, 7) is 1.97. The maximum atomic E-state index is 12.3. The van der Waals surface area contributed by atoms with Crippen molar-refractivity contribution in [3.63, 3.8) is 0 Å². The van der Waals surface area contributed by atoms with Crippen LogP contribution in [0.4, 0.5) is 14.5 Å². The zero-order valence-electron chi connectivity index (χ0n) is 15.3. The molecule has 0 aliphatic carbocycles. The first-order chi connectivity index (χ1) is 13.1. The molecule has 3 N–H and O–H groups in total. The molecule has 1 unspecified atom stereocenters. The van der Waals surface area contributed by atoms with Gasteiger partial charge >= 0.3 is 0 Å². The number of thioether (sulfide) groups is 1. The van der Waals surface area contributed by atoms with Gasteiger partial charge in [-0.3, -0.25) is 9.69 Å². The normalized spacial score (nSPS) is 13.0. The first-order valence-electron chi connectivity index (χ1n) is 8.24. The predicted octanol–water partition coefficient (Wildman–Crippen LogP) is 3.28. The first-order valence-corrected chi connectivity index (χ1v) is 10.7. The second-order valence-electron chi connectivity index (χ2n) is 6.16. The number of benzene rings is 2. The fraction of sp³-hybridized carbons (Fsp3) is 0.278. The second kappa shape index (κ2) is 9.46. The van der Waals surface area contributed by atoms with Crippen LogP contribution in [0.25, 0.3) is 0 Å². The number of nitrogens with one attached hydrogen (secondary N) is 1. The van der Waals surface area contributed by atoms with Crippen LogP contribution < -0.4 is 10.5 Å². The molecule has 0 fully saturated rings. The van der Waals surface area contributed by atoms with Gasteiger partial charge in [-0.15, -0.1) is 0 Å². The molecule has 0 saturated carbocycles. The van der Waals surface area contributed by atoms with Crippen LogP contribution in [0.15, 0.2) is 58.3 Å². The number of likely N-dealkylation sites (N-methyl/N-ethyl adjacent to an activating group) is 1. The summed E-state index contributed by atoms with van der Waals surface area (Å²) >= 11 is 0.441. The first kappa shape index (κ1) is 22.3. The minimum absolute atomic E-state index is 0.0253. The molecule has 10 heteroatoms. The number of hydrogen-bond donors (Lipinski definition) is 2. The molecule has 1 atom stereocenters. The molecule has 0 aromatic heterocycles. The van der Waals surface area contributed by atoms with Crippen molar-refractivity contribution < 1.29 is 22.0 Å². The van der Waals surface area contributed by atoms with E-state index in [-0.39, 0.29) is 23.4 Å². The Morgan fingerprint density at radius 1 is 1.14 bits per heavy atom. The van der Waals surface area contributed by atoms with Crippen LogP contribution in [0.1, 0.15) is 18.5 Å². The van der Waals surface area contributed by atoms with Gasteiger partial charge in [-0.2, -0.15) is 8.78 Å². The van der Waals surface area contributed by atoms with Crippen molar-refractivity contribution in [2.75, 3.05) is 18.9 Å². The van der Waals surface area contributed by atoms with Crippen LogP contribution in [-0.4, -0.2) is 38.6 Å². The van der Waals surface area contributed by atoms with Crippen LogP contribution in [0.3, 0.4) is 0 Å². The van der Waals surface area contributed by atoms with E-state index < -0.39 is 15.8 Å². The number of nitrogens with two attached hydrogens (primary N) is 1. The van der Waals surface area contributed by atoms with Crippen LogP contribution in [-0.2, 0) is 14.8 Å². The molecule has 0 radical (unpaired) electrons. The Labute approximate surface area is 167 Å². The summed E-state index contributed by atoms with van der Waals surface area (Å²) in [7, 11) is -1.99. The van der Waals surface area contributed by atoms with Crippen molar-refractivity contribution in [1.82, 2.24) is 4.90 Å². The Morgan fingerprint density at radius 2 is 1.71 bits per heavy atom. The highest BCUT2D eigenvalue weighted by Crippen LogP contribution is 2.26. The van der Waals surface area contributed by atoms with E-state index in [0.29, 0.717) is 22.3 Å². The van der Waals surface area contributed by atoms with E-state index in [2.05, 4.69) is 5.32 Å². The second-order valence-corrected chi connectivity index (χ2v) is 8.78. The lowest BCUT2D eigenvalue weighted by atomic mass is 10.1. The van der Waals surface area contributed by atoms with Crippen molar-refractivity contribution in [1.29, 1.82) is 0 Å². The molecular weight excluding hydrogens is 408 g/mol. The lowest BCUT2D eigenvalue weighted by Gasteiger charge is -2.24. The lowest BCUT2D eigenvalue weighted by molar-refractivity contribution is -0.117. The lowest BCUT2D eigenvalue weighted by Crippen LogP contribution is -2.32. The Morgan fingerprint density at radius 3 is 2.21 bits per heavy atom. The van der Waals surface area contributed by atoms with Crippen molar-refractivity contribution in [2.24, 2.45) is 5.14 Å². The fourth-order valence-electron chi connectivity index (χ4n) is 2.47. The molecule has 2 rings (SSSR count). The van der Waals surface area contributed by atoms with E-state index in [1.54, 1.807) is 36.2 Å². The Bertz CT molecular complexity index is 905. The van der Waals surface area contributed by atoms with E-state index in [9.17, 15) is 22.0 Å². The molecule has 28 heavy (non-hydrogen) atoms. The molecule has 0 heterocycles. The van der Waals surface area contributed by atoms with E-state index >= 15 is 0 Å². The van der Waals surface area contributed by atoms with Crippen LogP contribution >= 0.6 is 11.8 Å². The monoisotopic (exact) mass is 429 g/mol. The van der Waals surface area contributed by atoms with Gasteiger partial charge < -0.3 is 5.32 Å². The third-order valence-corrected chi connectivity index (χ3v) is 5.76. The van der Waals surface area contributed by atoms with Gasteiger partial charge in [0, 0.05) is 16.6 Å². The molecule has 1 amide bonds. The molecule has 2 aromatic rings. The molecule has 0 aliphatic heterocycles. The number of carbonyl (C=O) groups is 1. The zero-order chi connectivity index (χ0) is 20.9. The van der Waals surface area contributed by atoms with Crippen LogP contribution in [0, 0.1) is 0 Å². The molecule has 0 saturated heterocycles. The number of carbonyl (C=O) groups excluding carboxylic acids is 1.